The Bertz CT molecular complexity index is 313. The first-order valence-corrected chi connectivity index (χ1v) is 5.73. The number of benzene rings is 1. The molecule has 1 unspecified atom stereocenters. The smallest absolute Gasteiger partial charge is 0.124 e. The molecule has 0 fully saturated rings. The van der Waals surface area contributed by atoms with E-state index in [0.29, 0.717) is 6.54 Å². The van der Waals surface area contributed by atoms with Crippen molar-refractivity contribution in [3.63, 3.8) is 0 Å². The molecule has 0 saturated carbocycles. The third-order valence-electron chi connectivity index (χ3n) is 2.50. The van der Waals surface area contributed by atoms with Crippen LogP contribution in [-0.2, 0) is 6.54 Å². The highest BCUT2D eigenvalue weighted by molar-refractivity contribution is 5.33. The predicted molar refractivity (Wildman–Crippen MR) is 67.6 cm³/mol. The van der Waals surface area contributed by atoms with E-state index in [9.17, 15) is 0 Å². The molecule has 0 aromatic heterocycles. The van der Waals surface area contributed by atoms with Crippen LogP contribution in [0.25, 0.3) is 0 Å². The molecule has 2 N–H and O–H groups in total. The second-order valence-electron chi connectivity index (χ2n) is 4.33. The largest absolute Gasteiger partial charge is 0.490 e. The van der Waals surface area contributed by atoms with Gasteiger partial charge in [0.15, 0.2) is 0 Å². The van der Waals surface area contributed by atoms with Gasteiger partial charge in [0, 0.05) is 18.7 Å². The standard InChI is InChI=1S/C13H22N2O/c1-11(8-9-15(2)3)16-13-7-5-4-6-12(13)10-14/h4-7,11H,8-10,14H2,1-3H3. The van der Waals surface area contributed by atoms with Gasteiger partial charge in [-0.25, -0.2) is 0 Å². The molecule has 3 heteroatoms. The van der Waals surface area contributed by atoms with E-state index in [1.54, 1.807) is 0 Å². The highest BCUT2D eigenvalue weighted by Crippen LogP contribution is 2.19. The highest BCUT2D eigenvalue weighted by Gasteiger charge is 2.07. The van der Waals surface area contributed by atoms with E-state index < -0.39 is 0 Å². The molecule has 1 aromatic carbocycles. The number of nitrogens with two attached hydrogens (primary N) is 1. The maximum Gasteiger partial charge on any atom is 0.124 e. The number of para-hydroxylation sites is 1. The van der Waals surface area contributed by atoms with Crippen molar-refractivity contribution < 1.29 is 4.74 Å². The van der Waals surface area contributed by atoms with E-state index in [4.69, 9.17) is 10.5 Å². The van der Waals surface area contributed by atoms with E-state index >= 15 is 0 Å². The Hall–Kier alpha value is -1.06. The fourth-order valence-electron chi connectivity index (χ4n) is 1.50. The SMILES string of the molecule is CC(CCN(C)C)Oc1ccccc1CN. The lowest BCUT2D eigenvalue weighted by molar-refractivity contribution is 0.193. The molecule has 0 aliphatic heterocycles. The van der Waals surface area contributed by atoms with Crippen LogP contribution < -0.4 is 10.5 Å². The second kappa shape index (κ2) is 6.51. The summed E-state index contributed by atoms with van der Waals surface area (Å²) in [4.78, 5) is 2.16. The van der Waals surface area contributed by atoms with E-state index in [1.165, 1.54) is 0 Å². The van der Waals surface area contributed by atoms with Gasteiger partial charge >= 0.3 is 0 Å². The Labute approximate surface area is 98.2 Å². The van der Waals surface area contributed by atoms with E-state index in [2.05, 4.69) is 25.9 Å². The third kappa shape index (κ3) is 4.21. The molecule has 3 nitrogen and oxygen atoms in total. The Kier molecular flexibility index (Phi) is 5.29. The van der Waals surface area contributed by atoms with Crippen LogP contribution in [0.1, 0.15) is 18.9 Å². The molecule has 0 bridgehead atoms. The minimum absolute atomic E-state index is 0.218. The van der Waals surface area contributed by atoms with Crippen molar-refractivity contribution in [2.75, 3.05) is 20.6 Å². The zero-order valence-corrected chi connectivity index (χ0v) is 10.4. The Morgan fingerprint density at radius 1 is 1.31 bits per heavy atom. The van der Waals surface area contributed by atoms with E-state index in [-0.39, 0.29) is 6.10 Å². The summed E-state index contributed by atoms with van der Waals surface area (Å²) in [5, 5.41) is 0. The van der Waals surface area contributed by atoms with Crippen molar-refractivity contribution in [1.82, 2.24) is 4.90 Å². The molecule has 0 aliphatic carbocycles. The van der Waals surface area contributed by atoms with Crippen LogP contribution >= 0.6 is 0 Å². The van der Waals surface area contributed by atoms with E-state index in [1.807, 2.05) is 24.3 Å². The fourth-order valence-corrected chi connectivity index (χ4v) is 1.50. The summed E-state index contributed by atoms with van der Waals surface area (Å²) in [5.74, 6) is 0.913. The first-order valence-electron chi connectivity index (χ1n) is 5.73. The molecule has 1 aromatic rings. The predicted octanol–water partition coefficient (Wildman–Crippen LogP) is 1.86. The molecular formula is C13H22N2O. The zero-order valence-electron chi connectivity index (χ0n) is 10.4. The van der Waals surface area contributed by atoms with Crippen LogP contribution in [0.3, 0.4) is 0 Å². The lowest BCUT2D eigenvalue weighted by Crippen LogP contribution is -2.21. The maximum atomic E-state index is 5.88. The molecule has 0 amide bonds. The Morgan fingerprint density at radius 2 is 2.00 bits per heavy atom. The summed E-state index contributed by atoms with van der Waals surface area (Å²) in [6.45, 7) is 3.65. The van der Waals surface area contributed by atoms with Crippen molar-refractivity contribution >= 4 is 0 Å². The van der Waals surface area contributed by atoms with Gasteiger partial charge in [-0.05, 0) is 33.5 Å². The number of ether oxygens (including phenoxy) is 1. The van der Waals surface area contributed by atoms with Gasteiger partial charge in [0.2, 0.25) is 0 Å². The van der Waals surface area contributed by atoms with Crippen LogP contribution in [0.2, 0.25) is 0 Å². The second-order valence-corrected chi connectivity index (χ2v) is 4.33. The Morgan fingerprint density at radius 3 is 2.62 bits per heavy atom. The normalized spacial score (nSPS) is 12.8. The van der Waals surface area contributed by atoms with Gasteiger partial charge in [-0.2, -0.15) is 0 Å². The van der Waals surface area contributed by atoms with Crippen LogP contribution in [0.15, 0.2) is 24.3 Å². The van der Waals surface area contributed by atoms with Gasteiger partial charge in [0.25, 0.3) is 0 Å². The summed E-state index contributed by atoms with van der Waals surface area (Å²) in [6.07, 6.45) is 1.24. The molecule has 0 spiro atoms. The molecule has 0 radical (unpaired) electrons. The average molecular weight is 222 g/mol. The van der Waals surface area contributed by atoms with Gasteiger partial charge in [-0.15, -0.1) is 0 Å². The van der Waals surface area contributed by atoms with Gasteiger partial charge in [-0.3, -0.25) is 0 Å². The summed E-state index contributed by atoms with van der Waals surface area (Å²) in [6, 6.07) is 7.95. The van der Waals surface area contributed by atoms with E-state index in [0.717, 1.165) is 24.3 Å². The lowest BCUT2D eigenvalue weighted by atomic mass is 10.2. The molecule has 0 saturated heterocycles. The van der Waals surface area contributed by atoms with Crippen molar-refractivity contribution in [2.24, 2.45) is 5.73 Å². The first-order chi connectivity index (χ1) is 7.63. The molecule has 90 valence electrons. The zero-order chi connectivity index (χ0) is 12.0. The molecular weight excluding hydrogens is 200 g/mol. The molecule has 1 atom stereocenters. The highest BCUT2D eigenvalue weighted by atomic mass is 16.5. The maximum absolute atomic E-state index is 5.88. The topological polar surface area (TPSA) is 38.5 Å². The quantitative estimate of drug-likeness (QED) is 0.798. The van der Waals surface area contributed by atoms with Gasteiger partial charge in [0.1, 0.15) is 5.75 Å². The summed E-state index contributed by atoms with van der Waals surface area (Å²) >= 11 is 0. The van der Waals surface area contributed by atoms with Gasteiger partial charge < -0.3 is 15.4 Å². The molecule has 1 rings (SSSR count). The van der Waals surface area contributed by atoms with Gasteiger partial charge in [0.05, 0.1) is 6.10 Å². The number of hydrogen-bond acceptors (Lipinski definition) is 3. The number of hydrogen-bond donors (Lipinski definition) is 1. The number of nitrogens with zero attached hydrogens (tertiary/aromatic N) is 1. The molecule has 0 heterocycles. The van der Waals surface area contributed by atoms with Crippen LogP contribution in [-0.4, -0.2) is 31.6 Å². The minimum atomic E-state index is 0.218. The van der Waals surface area contributed by atoms with Crippen molar-refractivity contribution in [1.29, 1.82) is 0 Å². The first kappa shape index (κ1) is 13.0. The molecule has 0 aliphatic rings. The minimum Gasteiger partial charge on any atom is -0.490 e. The molecule has 16 heavy (non-hydrogen) atoms. The number of rotatable bonds is 6. The van der Waals surface area contributed by atoms with Crippen LogP contribution in [0.5, 0.6) is 5.75 Å². The average Bonchev–Trinajstić information content (AvgIpc) is 2.27. The summed E-state index contributed by atoms with van der Waals surface area (Å²) in [5.41, 5.74) is 6.73. The summed E-state index contributed by atoms with van der Waals surface area (Å²) in [7, 11) is 4.14. The lowest BCUT2D eigenvalue weighted by Gasteiger charge is -2.18. The monoisotopic (exact) mass is 222 g/mol. The van der Waals surface area contributed by atoms with Crippen molar-refractivity contribution in [2.45, 2.75) is 26.0 Å². The third-order valence-corrected chi connectivity index (χ3v) is 2.50. The summed E-state index contributed by atoms with van der Waals surface area (Å²) < 4.78 is 5.88. The fraction of sp³-hybridized carbons (Fsp3) is 0.538. The van der Waals surface area contributed by atoms with Crippen molar-refractivity contribution in [3.05, 3.63) is 29.8 Å². The van der Waals surface area contributed by atoms with Crippen LogP contribution in [0, 0.1) is 0 Å². The van der Waals surface area contributed by atoms with Crippen molar-refractivity contribution in [3.8, 4) is 5.75 Å². The Balaban J connectivity index is 2.51. The van der Waals surface area contributed by atoms with Gasteiger partial charge in [-0.1, -0.05) is 18.2 Å². The van der Waals surface area contributed by atoms with Crippen LogP contribution in [0.4, 0.5) is 0 Å².